The molecule has 0 spiro atoms. The first kappa shape index (κ1) is 60.0. The van der Waals surface area contributed by atoms with Crippen molar-refractivity contribution in [2.75, 3.05) is 13.2 Å². The van der Waals surface area contributed by atoms with Crippen LogP contribution in [0, 0.1) is 0 Å². The van der Waals surface area contributed by atoms with Crippen molar-refractivity contribution >= 4 is 17.9 Å². The molecule has 0 rings (SSSR count). The lowest BCUT2D eigenvalue weighted by Crippen LogP contribution is -2.30. The highest BCUT2D eigenvalue weighted by Crippen LogP contribution is 2.12. The number of hydrogen-bond donors (Lipinski definition) is 0. The van der Waals surface area contributed by atoms with Gasteiger partial charge in [0.05, 0.1) is 0 Å². The Balaban J connectivity index is 4.61. The number of esters is 3. The van der Waals surface area contributed by atoms with E-state index in [2.05, 4.69) is 136 Å². The summed E-state index contributed by atoms with van der Waals surface area (Å²) < 4.78 is 16.7. The molecule has 360 valence electrons. The monoisotopic (exact) mass is 893 g/mol. The third-order valence-corrected chi connectivity index (χ3v) is 9.68. The van der Waals surface area contributed by atoms with Gasteiger partial charge in [-0.05, 0) is 96.3 Å². The largest absolute Gasteiger partial charge is 0.462 e. The van der Waals surface area contributed by atoms with E-state index < -0.39 is 6.10 Å². The van der Waals surface area contributed by atoms with Crippen LogP contribution in [0.3, 0.4) is 0 Å². The molecule has 0 heterocycles. The Labute approximate surface area is 397 Å². The standard InChI is InChI=1S/C59H88O6/c1-4-7-10-13-16-19-22-25-27-28-29-30-32-34-37-40-43-46-49-52-58(61)64-55-56(54-63-57(60)51-48-45-42-39-36-33-24-21-18-15-12-9-6-3)65-59(62)53-50-47-44-41-38-35-31-26-23-20-17-14-11-8-5-2/h7-12,14-21,23-27,29-31,34,37,43,46,56H,4-6,13,22,28,32-33,35-36,38-42,44-45,47-55H2,1-3H3/b10-7-,11-8-,12-9-,17-14-,18-15-,19-16-,23-20-,24-21-,27-25-,30-29-,31-26-,37-34-,46-43-. The molecule has 0 N–H and O–H groups in total. The molecule has 0 radical (unpaired) electrons. The van der Waals surface area contributed by atoms with Crippen LogP contribution in [-0.4, -0.2) is 37.2 Å². The molecule has 0 aliphatic rings. The predicted octanol–water partition coefficient (Wildman–Crippen LogP) is 16.6. The van der Waals surface area contributed by atoms with Crippen LogP contribution < -0.4 is 0 Å². The van der Waals surface area contributed by atoms with Gasteiger partial charge in [-0.25, -0.2) is 0 Å². The smallest absolute Gasteiger partial charge is 0.306 e. The maximum atomic E-state index is 12.8. The lowest BCUT2D eigenvalue weighted by Gasteiger charge is -2.18. The van der Waals surface area contributed by atoms with Crippen LogP contribution in [0.15, 0.2) is 158 Å². The molecular weight excluding hydrogens is 805 g/mol. The van der Waals surface area contributed by atoms with Crippen LogP contribution in [0.1, 0.15) is 175 Å². The minimum absolute atomic E-state index is 0.130. The second-order valence-electron chi connectivity index (χ2n) is 15.7. The van der Waals surface area contributed by atoms with E-state index in [1.807, 2.05) is 42.5 Å². The molecule has 0 saturated heterocycles. The zero-order valence-corrected chi connectivity index (χ0v) is 40.9. The van der Waals surface area contributed by atoms with Crippen LogP contribution in [-0.2, 0) is 28.6 Å². The van der Waals surface area contributed by atoms with Crippen LogP contribution in [0.2, 0.25) is 0 Å². The highest BCUT2D eigenvalue weighted by Gasteiger charge is 2.19. The van der Waals surface area contributed by atoms with Gasteiger partial charge in [0.25, 0.3) is 0 Å². The first-order chi connectivity index (χ1) is 32.0. The van der Waals surface area contributed by atoms with Crippen molar-refractivity contribution in [3.63, 3.8) is 0 Å². The number of hydrogen-bond acceptors (Lipinski definition) is 6. The normalized spacial score (nSPS) is 13.5. The van der Waals surface area contributed by atoms with E-state index in [1.54, 1.807) is 0 Å². The van der Waals surface area contributed by atoms with Gasteiger partial charge in [-0.3, -0.25) is 14.4 Å². The number of unbranched alkanes of at least 4 members (excludes halogenated alkanes) is 10. The van der Waals surface area contributed by atoms with Gasteiger partial charge >= 0.3 is 17.9 Å². The summed E-state index contributed by atoms with van der Waals surface area (Å²) in [7, 11) is 0. The van der Waals surface area contributed by atoms with Gasteiger partial charge in [0.15, 0.2) is 6.10 Å². The third-order valence-electron chi connectivity index (χ3n) is 9.68. The molecule has 1 unspecified atom stereocenters. The fraction of sp³-hybridized carbons (Fsp3) is 0.508. The second-order valence-corrected chi connectivity index (χ2v) is 15.7. The molecule has 65 heavy (non-hydrogen) atoms. The molecule has 0 aliphatic carbocycles. The van der Waals surface area contributed by atoms with E-state index in [4.69, 9.17) is 14.2 Å². The molecule has 6 nitrogen and oxygen atoms in total. The van der Waals surface area contributed by atoms with Crippen molar-refractivity contribution in [2.24, 2.45) is 0 Å². The third kappa shape index (κ3) is 49.9. The first-order valence-corrected chi connectivity index (χ1v) is 25.1. The van der Waals surface area contributed by atoms with E-state index in [9.17, 15) is 14.4 Å². The summed E-state index contributed by atoms with van der Waals surface area (Å²) in [6.45, 7) is 6.11. The predicted molar refractivity (Wildman–Crippen MR) is 278 cm³/mol. The molecule has 0 bridgehead atoms. The summed E-state index contributed by atoms with van der Waals surface area (Å²) in [5, 5.41) is 0. The molecule has 1 atom stereocenters. The number of allylic oxidation sites excluding steroid dienone is 26. The zero-order valence-electron chi connectivity index (χ0n) is 40.9. The Hall–Kier alpha value is -4.97. The maximum absolute atomic E-state index is 12.8. The number of ether oxygens (including phenoxy) is 3. The summed E-state index contributed by atoms with van der Waals surface area (Å²) in [5.74, 6) is -1.08. The SMILES string of the molecule is CC\C=C/C=C\C=C/C=C\CCCCCCCC(=O)OC(COC(=O)CC/C=C\C/C=C\C/C=C\C/C=C\C/C=C\C/C=C\CC)COC(=O)CCCCCCC\C=C/C=C\C=C/CC. The van der Waals surface area contributed by atoms with Gasteiger partial charge in [0.2, 0.25) is 0 Å². The van der Waals surface area contributed by atoms with Gasteiger partial charge in [-0.15, -0.1) is 0 Å². The molecule has 0 aliphatic heterocycles. The van der Waals surface area contributed by atoms with Crippen molar-refractivity contribution in [3.8, 4) is 0 Å². The van der Waals surface area contributed by atoms with Crippen molar-refractivity contribution in [2.45, 2.75) is 181 Å². The molecule has 6 heteroatoms. The molecule has 0 aromatic carbocycles. The number of carbonyl (C=O) groups is 3. The van der Waals surface area contributed by atoms with Crippen LogP contribution in [0.25, 0.3) is 0 Å². The van der Waals surface area contributed by atoms with Crippen LogP contribution in [0.4, 0.5) is 0 Å². The topological polar surface area (TPSA) is 78.9 Å². The quantitative estimate of drug-likeness (QED) is 0.0200. The van der Waals surface area contributed by atoms with Crippen molar-refractivity contribution in [3.05, 3.63) is 158 Å². The van der Waals surface area contributed by atoms with Gasteiger partial charge in [-0.2, -0.15) is 0 Å². The molecule has 0 aromatic rings. The van der Waals surface area contributed by atoms with E-state index >= 15 is 0 Å². The number of carbonyl (C=O) groups excluding carboxylic acids is 3. The Bertz CT molecular complexity index is 1540. The lowest BCUT2D eigenvalue weighted by molar-refractivity contribution is -0.166. The lowest BCUT2D eigenvalue weighted by atomic mass is 10.1. The van der Waals surface area contributed by atoms with Crippen LogP contribution >= 0.6 is 0 Å². The van der Waals surface area contributed by atoms with E-state index in [0.29, 0.717) is 12.8 Å². The molecule has 0 aromatic heterocycles. The minimum atomic E-state index is -0.837. The van der Waals surface area contributed by atoms with E-state index in [1.165, 1.54) is 0 Å². The van der Waals surface area contributed by atoms with Crippen molar-refractivity contribution in [1.29, 1.82) is 0 Å². The average Bonchev–Trinajstić information content (AvgIpc) is 3.30. The summed E-state index contributed by atoms with van der Waals surface area (Å²) in [4.78, 5) is 37.9. The summed E-state index contributed by atoms with van der Waals surface area (Å²) in [6.07, 6.45) is 75.2. The fourth-order valence-electron chi connectivity index (χ4n) is 6.01. The van der Waals surface area contributed by atoms with Gasteiger partial charge in [-0.1, -0.05) is 217 Å². The highest BCUT2D eigenvalue weighted by atomic mass is 16.6. The first-order valence-electron chi connectivity index (χ1n) is 25.1. The van der Waals surface area contributed by atoms with Crippen molar-refractivity contribution < 1.29 is 28.6 Å². The zero-order chi connectivity index (χ0) is 47.2. The Morgan fingerprint density at radius 2 is 0.662 bits per heavy atom. The molecule has 0 fully saturated rings. The summed E-state index contributed by atoms with van der Waals surface area (Å²) in [6, 6.07) is 0. The Kier molecular flexibility index (Phi) is 47.7. The summed E-state index contributed by atoms with van der Waals surface area (Å²) in [5.41, 5.74) is 0. The minimum Gasteiger partial charge on any atom is -0.462 e. The van der Waals surface area contributed by atoms with E-state index in [-0.39, 0.29) is 44.0 Å². The average molecular weight is 893 g/mol. The number of rotatable bonds is 42. The van der Waals surface area contributed by atoms with Gasteiger partial charge < -0.3 is 14.2 Å². The summed E-state index contributed by atoms with van der Waals surface area (Å²) >= 11 is 0. The Morgan fingerprint density at radius 3 is 1.11 bits per heavy atom. The Morgan fingerprint density at radius 1 is 0.323 bits per heavy atom. The van der Waals surface area contributed by atoms with Crippen LogP contribution in [0.5, 0.6) is 0 Å². The van der Waals surface area contributed by atoms with Crippen molar-refractivity contribution in [1.82, 2.24) is 0 Å². The van der Waals surface area contributed by atoms with E-state index in [0.717, 1.165) is 128 Å². The second kappa shape index (κ2) is 51.7. The van der Waals surface area contributed by atoms with Gasteiger partial charge in [0, 0.05) is 19.3 Å². The molecule has 0 saturated carbocycles. The highest BCUT2D eigenvalue weighted by molar-refractivity contribution is 5.71. The maximum Gasteiger partial charge on any atom is 0.306 e. The molecular formula is C59H88O6. The van der Waals surface area contributed by atoms with Gasteiger partial charge in [0.1, 0.15) is 13.2 Å². The fourth-order valence-corrected chi connectivity index (χ4v) is 6.01. The molecule has 0 amide bonds.